The van der Waals surface area contributed by atoms with Gasteiger partial charge in [-0.3, -0.25) is 4.79 Å². The Bertz CT molecular complexity index is 420. The highest BCUT2D eigenvalue weighted by Crippen LogP contribution is 2.29. The molecule has 0 radical (unpaired) electrons. The Morgan fingerprint density at radius 2 is 1.95 bits per heavy atom. The highest BCUT2D eigenvalue weighted by Gasteiger charge is 2.12. The first-order valence-electron chi connectivity index (χ1n) is 6.21. The van der Waals surface area contributed by atoms with E-state index in [2.05, 4.69) is 5.32 Å². The number of hydrogen-bond donors (Lipinski definition) is 1. The molecule has 106 valence electrons. The van der Waals surface area contributed by atoms with E-state index in [4.69, 9.17) is 14.2 Å². The maximum Gasteiger partial charge on any atom is 0.246 e. The summed E-state index contributed by atoms with van der Waals surface area (Å²) in [5, 5.41) is 2.86. The number of hydrogen-bond acceptors (Lipinski definition) is 4. The lowest BCUT2D eigenvalue weighted by Crippen LogP contribution is -2.30. The molecule has 0 aliphatic heterocycles. The summed E-state index contributed by atoms with van der Waals surface area (Å²) in [6.45, 7) is 4.36. The molecule has 0 spiro atoms. The van der Waals surface area contributed by atoms with Crippen molar-refractivity contribution in [1.29, 1.82) is 0 Å². The van der Waals surface area contributed by atoms with Crippen LogP contribution in [0.1, 0.15) is 25.5 Å². The van der Waals surface area contributed by atoms with E-state index in [1.165, 1.54) is 0 Å². The molecule has 1 amide bonds. The van der Waals surface area contributed by atoms with E-state index in [1.807, 2.05) is 32.0 Å². The van der Waals surface area contributed by atoms with Crippen molar-refractivity contribution >= 4 is 5.91 Å². The quantitative estimate of drug-likeness (QED) is 0.820. The molecule has 0 bridgehead atoms. The van der Waals surface area contributed by atoms with Crippen LogP contribution in [0, 0.1) is 0 Å². The molecule has 0 aliphatic carbocycles. The number of benzene rings is 1. The Labute approximate surface area is 113 Å². The fraction of sp³-hybridized carbons (Fsp3) is 0.500. The van der Waals surface area contributed by atoms with E-state index in [0.717, 1.165) is 5.56 Å². The molecule has 0 fully saturated rings. The summed E-state index contributed by atoms with van der Waals surface area (Å²) in [5.41, 5.74) is 0.947. The Kier molecular flexibility index (Phi) is 6.15. The summed E-state index contributed by atoms with van der Waals surface area (Å²) >= 11 is 0. The van der Waals surface area contributed by atoms with E-state index in [0.29, 0.717) is 18.1 Å². The Hall–Kier alpha value is -1.75. The van der Waals surface area contributed by atoms with Crippen LogP contribution in [0.2, 0.25) is 0 Å². The number of ether oxygens (including phenoxy) is 3. The summed E-state index contributed by atoms with van der Waals surface area (Å²) in [5.74, 6) is 1.18. The Morgan fingerprint density at radius 3 is 2.53 bits per heavy atom. The first kappa shape index (κ1) is 15.3. The van der Waals surface area contributed by atoms with Crippen molar-refractivity contribution in [1.82, 2.24) is 5.32 Å². The lowest BCUT2D eigenvalue weighted by Gasteiger charge is -2.16. The second-order valence-electron chi connectivity index (χ2n) is 4.04. The van der Waals surface area contributed by atoms with Crippen molar-refractivity contribution < 1.29 is 19.0 Å². The van der Waals surface area contributed by atoms with Gasteiger partial charge in [0.2, 0.25) is 5.91 Å². The van der Waals surface area contributed by atoms with Crippen LogP contribution in [-0.4, -0.2) is 33.3 Å². The minimum Gasteiger partial charge on any atom is -0.493 e. The van der Waals surface area contributed by atoms with E-state index in [9.17, 15) is 4.79 Å². The molecular formula is C14H21NO4. The highest BCUT2D eigenvalue weighted by molar-refractivity contribution is 5.77. The molecule has 0 saturated heterocycles. The smallest absolute Gasteiger partial charge is 0.246 e. The molecule has 1 atom stereocenters. The second kappa shape index (κ2) is 7.63. The third kappa shape index (κ3) is 4.44. The maximum atomic E-state index is 11.6. The molecule has 0 heterocycles. The van der Waals surface area contributed by atoms with Gasteiger partial charge in [0.15, 0.2) is 11.5 Å². The average molecular weight is 267 g/mol. The van der Waals surface area contributed by atoms with Gasteiger partial charge in [0.1, 0.15) is 6.61 Å². The van der Waals surface area contributed by atoms with Gasteiger partial charge in [-0.1, -0.05) is 6.07 Å². The topological polar surface area (TPSA) is 56.8 Å². The zero-order valence-corrected chi connectivity index (χ0v) is 11.9. The van der Waals surface area contributed by atoms with Gasteiger partial charge in [-0.15, -0.1) is 0 Å². The number of nitrogens with one attached hydrogen (secondary N) is 1. The van der Waals surface area contributed by atoms with Gasteiger partial charge in [-0.2, -0.15) is 0 Å². The van der Waals surface area contributed by atoms with E-state index < -0.39 is 0 Å². The van der Waals surface area contributed by atoms with E-state index in [1.54, 1.807) is 14.2 Å². The second-order valence-corrected chi connectivity index (χ2v) is 4.04. The van der Waals surface area contributed by atoms with Crippen LogP contribution >= 0.6 is 0 Å². The third-order valence-electron chi connectivity index (χ3n) is 2.72. The molecule has 19 heavy (non-hydrogen) atoms. The van der Waals surface area contributed by atoms with Crippen molar-refractivity contribution in [2.45, 2.75) is 19.9 Å². The van der Waals surface area contributed by atoms with Crippen molar-refractivity contribution in [3.63, 3.8) is 0 Å². The average Bonchev–Trinajstić information content (AvgIpc) is 2.44. The van der Waals surface area contributed by atoms with Gasteiger partial charge in [0.25, 0.3) is 0 Å². The third-order valence-corrected chi connectivity index (χ3v) is 2.72. The van der Waals surface area contributed by atoms with Crippen molar-refractivity contribution in [2.75, 3.05) is 27.4 Å². The van der Waals surface area contributed by atoms with Crippen LogP contribution in [0.15, 0.2) is 18.2 Å². The zero-order valence-electron chi connectivity index (χ0n) is 11.9. The fourth-order valence-electron chi connectivity index (χ4n) is 1.68. The molecule has 1 rings (SSSR count). The number of amides is 1. The molecular weight excluding hydrogens is 246 g/mol. The largest absolute Gasteiger partial charge is 0.493 e. The van der Waals surface area contributed by atoms with Gasteiger partial charge in [-0.05, 0) is 31.5 Å². The predicted octanol–water partition coefficient (Wildman–Crippen LogP) is 1.92. The molecule has 0 aromatic heterocycles. The number of methoxy groups -OCH3 is 2. The standard InChI is InChI=1S/C14H21NO4/c1-5-19-9-14(16)15-10(2)11-6-7-12(17-3)13(8-11)18-4/h6-8,10H,5,9H2,1-4H3,(H,15,16)/t10-/m1/s1. The Morgan fingerprint density at radius 1 is 1.26 bits per heavy atom. The van der Waals surface area contributed by atoms with Crippen LogP contribution in [-0.2, 0) is 9.53 Å². The molecule has 1 aromatic carbocycles. The van der Waals surface area contributed by atoms with Crippen LogP contribution in [0.5, 0.6) is 11.5 Å². The Balaban J connectivity index is 2.71. The van der Waals surface area contributed by atoms with Gasteiger partial charge < -0.3 is 19.5 Å². The van der Waals surface area contributed by atoms with Crippen LogP contribution in [0.4, 0.5) is 0 Å². The minimum absolute atomic E-state index is 0.0775. The van der Waals surface area contributed by atoms with Crippen LogP contribution < -0.4 is 14.8 Å². The molecule has 1 N–H and O–H groups in total. The molecule has 0 unspecified atom stereocenters. The summed E-state index contributed by atoms with van der Waals surface area (Å²) in [6.07, 6.45) is 0. The maximum absolute atomic E-state index is 11.6. The van der Waals surface area contributed by atoms with Gasteiger partial charge >= 0.3 is 0 Å². The van der Waals surface area contributed by atoms with E-state index >= 15 is 0 Å². The van der Waals surface area contributed by atoms with Crippen LogP contribution in [0.25, 0.3) is 0 Å². The van der Waals surface area contributed by atoms with Gasteiger partial charge in [0, 0.05) is 6.61 Å². The lowest BCUT2D eigenvalue weighted by atomic mass is 10.1. The monoisotopic (exact) mass is 267 g/mol. The zero-order chi connectivity index (χ0) is 14.3. The summed E-state index contributed by atoms with van der Waals surface area (Å²) in [7, 11) is 3.17. The fourth-order valence-corrected chi connectivity index (χ4v) is 1.68. The first-order valence-corrected chi connectivity index (χ1v) is 6.21. The molecule has 1 aromatic rings. The number of carbonyl (C=O) groups is 1. The summed E-state index contributed by atoms with van der Waals surface area (Å²) in [6, 6.07) is 5.45. The molecule has 5 nitrogen and oxygen atoms in total. The summed E-state index contributed by atoms with van der Waals surface area (Å²) in [4.78, 5) is 11.6. The number of carbonyl (C=O) groups excluding carboxylic acids is 1. The molecule has 5 heteroatoms. The van der Waals surface area contributed by atoms with Gasteiger partial charge in [-0.25, -0.2) is 0 Å². The normalized spacial score (nSPS) is 11.8. The van der Waals surface area contributed by atoms with Crippen molar-refractivity contribution in [2.24, 2.45) is 0 Å². The number of rotatable bonds is 7. The molecule has 0 saturated carbocycles. The van der Waals surface area contributed by atoms with Crippen LogP contribution in [0.3, 0.4) is 0 Å². The molecule has 0 aliphatic rings. The van der Waals surface area contributed by atoms with E-state index in [-0.39, 0.29) is 18.6 Å². The van der Waals surface area contributed by atoms with Gasteiger partial charge in [0.05, 0.1) is 20.3 Å². The minimum atomic E-state index is -0.135. The van der Waals surface area contributed by atoms with Crippen molar-refractivity contribution in [3.8, 4) is 11.5 Å². The summed E-state index contributed by atoms with van der Waals surface area (Å²) < 4.78 is 15.5. The van der Waals surface area contributed by atoms with Crippen molar-refractivity contribution in [3.05, 3.63) is 23.8 Å². The highest BCUT2D eigenvalue weighted by atomic mass is 16.5. The predicted molar refractivity (Wildman–Crippen MR) is 72.6 cm³/mol. The first-order chi connectivity index (χ1) is 9.12. The SMILES string of the molecule is CCOCC(=O)N[C@H](C)c1ccc(OC)c(OC)c1. The lowest BCUT2D eigenvalue weighted by molar-refractivity contribution is -0.126.